The van der Waals surface area contributed by atoms with E-state index in [4.69, 9.17) is 9.57 Å². The second-order valence-corrected chi connectivity index (χ2v) is 5.74. The van der Waals surface area contributed by atoms with Crippen molar-refractivity contribution in [3.63, 3.8) is 0 Å². The summed E-state index contributed by atoms with van der Waals surface area (Å²) < 4.78 is 4.88. The number of aryl methyl sites for hydroxylation is 1. The molecule has 3 amide bonds. The summed E-state index contributed by atoms with van der Waals surface area (Å²) in [6.07, 6.45) is 0.443. The summed E-state index contributed by atoms with van der Waals surface area (Å²) in [5.74, 6) is -1.94. The first-order valence-corrected chi connectivity index (χ1v) is 8.08. The van der Waals surface area contributed by atoms with Gasteiger partial charge in [0.05, 0.1) is 12.5 Å². The Kier molecular flexibility index (Phi) is 6.48. The van der Waals surface area contributed by atoms with Crippen LogP contribution in [0.1, 0.15) is 36.4 Å². The van der Waals surface area contributed by atoms with Crippen LogP contribution >= 0.6 is 0 Å². The van der Waals surface area contributed by atoms with Crippen LogP contribution in [0.25, 0.3) is 0 Å². The van der Waals surface area contributed by atoms with E-state index in [9.17, 15) is 19.2 Å². The minimum atomic E-state index is -0.816. The van der Waals surface area contributed by atoms with Crippen LogP contribution in [-0.4, -0.2) is 35.5 Å². The van der Waals surface area contributed by atoms with Crippen LogP contribution in [0.15, 0.2) is 36.9 Å². The number of nitrogens with one attached hydrogen (secondary N) is 1. The highest BCUT2D eigenvalue weighted by Crippen LogP contribution is 2.20. The third-order valence-corrected chi connectivity index (χ3v) is 3.67. The number of benzene rings is 1. The Balaban J connectivity index is 2.07. The number of ether oxygens (including phenoxy) is 1. The molecule has 1 heterocycles. The van der Waals surface area contributed by atoms with Gasteiger partial charge in [0.25, 0.3) is 11.8 Å². The van der Waals surface area contributed by atoms with Gasteiger partial charge in [-0.1, -0.05) is 42.5 Å². The molecule has 8 heteroatoms. The molecular formula is C18H20N2O6. The number of rotatable bonds is 7. The van der Waals surface area contributed by atoms with Crippen molar-refractivity contribution in [3.8, 4) is 0 Å². The fourth-order valence-corrected chi connectivity index (χ4v) is 2.33. The second-order valence-electron chi connectivity index (χ2n) is 5.74. The number of amides is 3. The topological polar surface area (TPSA) is 102 Å². The molecule has 1 unspecified atom stereocenters. The fourth-order valence-electron chi connectivity index (χ4n) is 2.33. The highest BCUT2D eigenvalue weighted by atomic mass is 16.7. The zero-order valence-corrected chi connectivity index (χ0v) is 14.4. The van der Waals surface area contributed by atoms with Crippen molar-refractivity contribution >= 4 is 23.9 Å². The van der Waals surface area contributed by atoms with Gasteiger partial charge in [-0.25, -0.2) is 9.59 Å². The van der Waals surface area contributed by atoms with Crippen LogP contribution in [0.4, 0.5) is 4.79 Å². The first-order chi connectivity index (χ1) is 12.4. The lowest BCUT2D eigenvalue weighted by atomic mass is 10.0. The molecule has 0 aliphatic carbocycles. The average Bonchev–Trinajstić information content (AvgIpc) is 2.92. The standard InChI is InChI=1S/C18H20N2O6/c1-3-10-25-18(24)19-14(13-6-4-12(2)5-7-13)11-17(23)26-20-15(21)8-9-16(20)22/h3-7,14H,1,8-11H2,2H3,(H,19,24). The molecule has 1 fully saturated rings. The van der Waals surface area contributed by atoms with Gasteiger partial charge in [0.2, 0.25) is 0 Å². The highest BCUT2D eigenvalue weighted by Gasteiger charge is 2.33. The number of carbonyl (C=O) groups excluding carboxylic acids is 4. The third kappa shape index (κ3) is 5.17. The third-order valence-electron chi connectivity index (χ3n) is 3.67. The number of hydrogen-bond donors (Lipinski definition) is 1. The SMILES string of the molecule is C=CCOC(=O)NC(CC(=O)ON1C(=O)CCC1=O)c1ccc(C)cc1. The smallest absolute Gasteiger partial charge is 0.407 e. The van der Waals surface area contributed by atoms with Crippen LogP contribution in [0.2, 0.25) is 0 Å². The van der Waals surface area contributed by atoms with Gasteiger partial charge < -0.3 is 14.9 Å². The molecule has 1 aliphatic rings. The maximum Gasteiger partial charge on any atom is 0.407 e. The predicted octanol–water partition coefficient (Wildman–Crippen LogP) is 1.95. The van der Waals surface area contributed by atoms with E-state index in [0.29, 0.717) is 10.6 Å². The first kappa shape index (κ1) is 19.2. The van der Waals surface area contributed by atoms with Crippen LogP contribution < -0.4 is 5.32 Å². The van der Waals surface area contributed by atoms with Crippen molar-refractivity contribution in [1.82, 2.24) is 10.4 Å². The monoisotopic (exact) mass is 360 g/mol. The van der Waals surface area contributed by atoms with E-state index in [0.717, 1.165) is 5.56 Å². The van der Waals surface area contributed by atoms with Gasteiger partial charge in [-0.2, -0.15) is 0 Å². The van der Waals surface area contributed by atoms with E-state index in [1.54, 1.807) is 12.1 Å². The summed E-state index contributed by atoms with van der Waals surface area (Å²) in [6, 6.07) is 6.43. The molecule has 1 saturated heterocycles. The molecule has 1 atom stereocenters. The Morgan fingerprint density at radius 1 is 1.23 bits per heavy atom. The molecule has 1 aromatic rings. The van der Waals surface area contributed by atoms with Crippen molar-refractivity contribution < 1.29 is 28.8 Å². The molecule has 0 radical (unpaired) electrons. The highest BCUT2D eigenvalue weighted by molar-refractivity contribution is 6.01. The molecule has 1 N–H and O–H groups in total. The fraction of sp³-hybridized carbons (Fsp3) is 0.333. The van der Waals surface area contributed by atoms with Crippen LogP contribution in [0.5, 0.6) is 0 Å². The molecule has 1 aliphatic heterocycles. The molecule has 2 rings (SSSR count). The van der Waals surface area contributed by atoms with Gasteiger partial charge in [0.1, 0.15) is 6.61 Å². The number of alkyl carbamates (subject to hydrolysis) is 1. The number of hydroxylamine groups is 2. The average molecular weight is 360 g/mol. The molecule has 26 heavy (non-hydrogen) atoms. The van der Waals surface area contributed by atoms with E-state index < -0.39 is 29.9 Å². The van der Waals surface area contributed by atoms with E-state index in [1.165, 1.54) is 6.08 Å². The Morgan fingerprint density at radius 2 is 1.85 bits per heavy atom. The summed E-state index contributed by atoms with van der Waals surface area (Å²) >= 11 is 0. The minimum absolute atomic E-state index is 0.0135. The van der Waals surface area contributed by atoms with Crippen molar-refractivity contribution in [2.24, 2.45) is 0 Å². The van der Waals surface area contributed by atoms with Gasteiger partial charge >= 0.3 is 12.1 Å². The molecule has 1 aromatic carbocycles. The van der Waals surface area contributed by atoms with Crippen molar-refractivity contribution in [2.45, 2.75) is 32.2 Å². The van der Waals surface area contributed by atoms with E-state index in [1.807, 2.05) is 19.1 Å². The number of carbonyl (C=O) groups is 4. The van der Waals surface area contributed by atoms with Crippen LogP contribution in [0, 0.1) is 6.92 Å². The van der Waals surface area contributed by atoms with Gasteiger partial charge in [0, 0.05) is 12.8 Å². The Morgan fingerprint density at radius 3 is 2.42 bits per heavy atom. The predicted molar refractivity (Wildman–Crippen MR) is 90.4 cm³/mol. The second kappa shape index (κ2) is 8.80. The van der Waals surface area contributed by atoms with Gasteiger partial charge in [-0.05, 0) is 12.5 Å². The van der Waals surface area contributed by atoms with Gasteiger partial charge in [-0.3, -0.25) is 9.59 Å². The van der Waals surface area contributed by atoms with Gasteiger partial charge in [0.15, 0.2) is 0 Å². The van der Waals surface area contributed by atoms with Gasteiger partial charge in [-0.15, -0.1) is 5.06 Å². The van der Waals surface area contributed by atoms with Crippen molar-refractivity contribution in [1.29, 1.82) is 0 Å². The Bertz CT molecular complexity index is 697. The molecule has 8 nitrogen and oxygen atoms in total. The molecule has 0 spiro atoms. The lowest BCUT2D eigenvalue weighted by Crippen LogP contribution is -2.35. The largest absolute Gasteiger partial charge is 0.445 e. The number of hydrogen-bond acceptors (Lipinski definition) is 6. The summed E-state index contributed by atoms with van der Waals surface area (Å²) in [4.78, 5) is 51.9. The molecule has 0 bridgehead atoms. The van der Waals surface area contributed by atoms with E-state index >= 15 is 0 Å². The normalized spacial score (nSPS) is 14.7. The Hall–Kier alpha value is -3.16. The zero-order valence-electron chi connectivity index (χ0n) is 14.4. The summed E-state index contributed by atoms with van der Waals surface area (Å²) in [5.41, 5.74) is 1.67. The molecule has 0 saturated carbocycles. The summed E-state index contributed by atoms with van der Waals surface area (Å²) in [7, 11) is 0. The lowest BCUT2D eigenvalue weighted by molar-refractivity contribution is -0.197. The quantitative estimate of drug-likeness (QED) is 0.589. The lowest BCUT2D eigenvalue weighted by Gasteiger charge is -2.19. The van der Waals surface area contributed by atoms with Crippen molar-refractivity contribution in [3.05, 3.63) is 48.0 Å². The number of nitrogens with zero attached hydrogens (tertiary/aromatic N) is 1. The van der Waals surface area contributed by atoms with E-state index in [2.05, 4.69) is 11.9 Å². The Labute approximate surface area is 150 Å². The maximum atomic E-state index is 12.2. The molecular weight excluding hydrogens is 340 g/mol. The van der Waals surface area contributed by atoms with Crippen molar-refractivity contribution in [2.75, 3.05) is 6.61 Å². The summed E-state index contributed by atoms with van der Waals surface area (Å²) in [6.45, 7) is 5.38. The molecule has 0 aromatic heterocycles. The number of imide groups is 1. The molecule has 138 valence electrons. The van der Waals surface area contributed by atoms with E-state index in [-0.39, 0.29) is 25.9 Å². The summed E-state index contributed by atoms with van der Waals surface area (Å²) in [5, 5.41) is 3.04. The first-order valence-electron chi connectivity index (χ1n) is 8.08. The van der Waals surface area contributed by atoms with Crippen LogP contribution in [-0.2, 0) is 24.0 Å². The van der Waals surface area contributed by atoms with Crippen LogP contribution in [0.3, 0.4) is 0 Å². The zero-order chi connectivity index (χ0) is 19.1. The maximum absolute atomic E-state index is 12.2. The minimum Gasteiger partial charge on any atom is -0.445 e.